The third-order valence-electron chi connectivity index (χ3n) is 0.772. The lowest BCUT2D eigenvalue weighted by molar-refractivity contribution is 0.824. The summed E-state index contributed by atoms with van der Waals surface area (Å²) in [7, 11) is 0. The molecule has 0 N–H and O–H groups in total. The second kappa shape index (κ2) is 2.78. The zero-order valence-corrected chi connectivity index (χ0v) is 6.48. The van der Waals surface area contributed by atoms with Crippen molar-refractivity contribution in [3.63, 3.8) is 0 Å². The Bertz CT molecular complexity index is 44.0. The predicted octanol–water partition coefficient (Wildman–Crippen LogP) is 2.22. The fourth-order valence-corrected chi connectivity index (χ4v) is 0.411. The number of rotatable bonds is 2. The topological polar surface area (TPSA) is 0 Å². The fourth-order valence-electron chi connectivity index (χ4n) is 0.0456. The quantitative estimate of drug-likeness (QED) is 0.447. The Morgan fingerprint density at radius 3 is 2.14 bits per heavy atom. The van der Waals surface area contributed by atoms with Crippen molar-refractivity contribution in [1.29, 1.82) is 0 Å². The van der Waals surface area contributed by atoms with Crippen molar-refractivity contribution < 1.29 is 0 Å². The molecule has 0 saturated carbocycles. The Morgan fingerprint density at radius 1 is 1.71 bits per heavy atom. The largest absolute Gasteiger partial charge is 0.178 e. The van der Waals surface area contributed by atoms with E-state index in [1.54, 1.807) is 11.8 Å². The minimum Gasteiger partial charge on any atom is -0.178 e. The maximum Gasteiger partial charge on any atom is 0.129 e. The van der Waals surface area contributed by atoms with E-state index in [2.05, 4.69) is 32.7 Å². The van der Waals surface area contributed by atoms with Crippen molar-refractivity contribution in [3.8, 4) is 0 Å². The molecule has 0 radical (unpaired) electrons. The van der Waals surface area contributed by atoms with Gasteiger partial charge in [0.25, 0.3) is 0 Å². The van der Waals surface area contributed by atoms with Crippen LogP contribution < -0.4 is 0 Å². The summed E-state index contributed by atoms with van der Waals surface area (Å²) < 4.78 is 0.253. The third-order valence-corrected chi connectivity index (χ3v) is 2.70. The first-order chi connectivity index (χ1) is 3.12. The highest BCUT2D eigenvalue weighted by Crippen LogP contribution is 2.22. The van der Waals surface area contributed by atoms with Gasteiger partial charge in [0.1, 0.15) is 6.26 Å². The maximum absolute atomic E-state index is 4.12. The van der Waals surface area contributed by atoms with E-state index < -0.39 is 0 Å². The van der Waals surface area contributed by atoms with Crippen molar-refractivity contribution in [2.24, 2.45) is 0 Å². The van der Waals surface area contributed by atoms with Gasteiger partial charge in [-0.2, -0.15) is 12.6 Å². The average molecular weight is 135 g/mol. The van der Waals surface area contributed by atoms with E-state index in [9.17, 15) is 0 Å². The molecule has 0 nitrogen and oxygen atoms in total. The maximum atomic E-state index is 4.12. The van der Waals surface area contributed by atoms with Crippen LogP contribution >= 0.6 is 24.4 Å². The minimum absolute atomic E-state index is 0.253. The number of thioether (sulfide) groups is 1. The molecule has 0 rings (SSSR count). The van der Waals surface area contributed by atoms with Crippen LogP contribution in [-0.2, 0) is 0 Å². The van der Waals surface area contributed by atoms with Gasteiger partial charge in [0, 0.05) is 5.75 Å². The van der Waals surface area contributed by atoms with E-state index in [0.29, 0.717) is 0 Å². The van der Waals surface area contributed by atoms with Crippen LogP contribution in [0.1, 0.15) is 13.8 Å². The molecule has 0 aliphatic heterocycles. The molecule has 0 aromatic heterocycles. The van der Waals surface area contributed by atoms with Crippen LogP contribution in [-0.4, -0.2) is 10.5 Å². The van der Waals surface area contributed by atoms with Gasteiger partial charge < -0.3 is 0 Å². The summed E-state index contributed by atoms with van der Waals surface area (Å²) in [4.78, 5) is 0. The van der Waals surface area contributed by atoms with E-state index in [4.69, 9.17) is 0 Å². The molecular formula is C5H11S2+. The van der Waals surface area contributed by atoms with Crippen LogP contribution in [0.4, 0.5) is 0 Å². The van der Waals surface area contributed by atoms with Crippen molar-refractivity contribution in [2.75, 3.05) is 5.75 Å². The smallest absolute Gasteiger partial charge is 0.129 e. The fraction of sp³-hybridized carbons (Fsp3) is 0.800. The molecule has 0 atom stereocenters. The van der Waals surface area contributed by atoms with Gasteiger partial charge in [-0.15, -0.1) is 0 Å². The Labute approximate surface area is 55.5 Å². The molecule has 7 heavy (non-hydrogen) atoms. The van der Waals surface area contributed by atoms with Crippen molar-refractivity contribution in [1.82, 2.24) is 0 Å². The van der Waals surface area contributed by atoms with Gasteiger partial charge in [0.2, 0.25) is 0 Å². The standard InChI is InChI=1S/C5H10S2/c1-5(2,4-6)7-3/h3-4H2,1-2H3/p+1. The van der Waals surface area contributed by atoms with Crippen LogP contribution in [0.25, 0.3) is 0 Å². The van der Waals surface area contributed by atoms with Crippen LogP contribution in [0.5, 0.6) is 0 Å². The van der Waals surface area contributed by atoms with Crippen LogP contribution in [0.15, 0.2) is 0 Å². The zero-order valence-electron chi connectivity index (χ0n) is 4.77. The average Bonchev–Trinajstić information content (AvgIpc) is 1.68. The van der Waals surface area contributed by atoms with Crippen LogP contribution in [0, 0.1) is 6.26 Å². The first-order valence-corrected chi connectivity index (χ1v) is 3.78. The second-order valence-corrected chi connectivity index (χ2v) is 3.77. The Hall–Kier alpha value is 0.570. The molecule has 0 aliphatic carbocycles. The number of hydrogen-bond acceptors (Lipinski definition) is 2. The molecule has 42 valence electrons. The van der Waals surface area contributed by atoms with Crippen LogP contribution in [0.2, 0.25) is 0 Å². The van der Waals surface area contributed by atoms with Gasteiger partial charge in [-0.1, -0.05) is 0 Å². The van der Waals surface area contributed by atoms with E-state index in [-0.39, 0.29) is 4.75 Å². The molecule has 0 aromatic carbocycles. The van der Waals surface area contributed by atoms with E-state index >= 15 is 0 Å². The SMILES string of the molecule is [CH2+]SC(C)(C)CS. The summed E-state index contributed by atoms with van der Waals surface area (Å²) in [5, 5.41) is 0. The molecule has 0 aliphatic rings. The Kier molecular flexibility index (Phi) is 3.00. The molecular weight excluding hydrogens is 124 g/mol. The first kappa shape index (κ1) is 7.57. The lowest BCUT2D eigenvalue weighted by Crippen LogP contribution is -2.14. The van der Waals surface area contributed by atoms with E-state index in [1.807, 2.05) is 0 Å². The summed E-state index contributed by atoms with van der Waals surface area (Å²) in [5.41, 5.74) is 0. The number of thiol groups is 1. The molecule has 0 bridgehead atoms. The van der Waals surface area contributed by atoms with Gasteiger partial charge >= 0.3 is 0 Å². The van der Waals surface area contributed by atoms with Crippen LogP contribution in [0.3, 0.4) is 0 Å². The van der Waals surface area contributed by atoms with Gasteiger partial charge in [0.05, 0.1) is 16.5 Å². The van der Waals surface area contributed by atoms with Gasteiger partial charge in [-0.05, 0) is 13.8 Å². The van der Waals surface area contributed by atoms with Crippen molar-refractivity contribution in [2.45, 2.75) is 18.6 Å². The summed E-state index contributed by atoms with van der Waals surface area (Å²) >= 11 is 5.72. The van der Waals surface area contributed by atoms with Gasteiger partial charge in [-0.25, -0.2) is 0 Å². The highest BCUT2D eigenvalue weighted by atomic mass is 32.2. The minimum atomic E-state index is 0.253. The molecule has 0 fully saturated rings. The van der Waals surface area contributed by atoms with Crippen molar-refractivity contribution >= 4 is 24.4 Å². The third kappa shape index (κ3) is 3.18. The summed E-state index contributed by atoms with van der Waals surface area (Å²) in [6.45, 7) is 4.25. The second-order valence-electron chi connectivity index (χ2n) is 2.06. The monoisotopic (exact) mass is 135 g/mol. The zero-order chi connectivity index (χ0) is 5.91. The van der Waals surface area contributed by atoms with E-state index in [0.717, 1.165) is 5.75 Å². The summed E-state index contributed by atoms with van der Waals surface area (Å²) in [6.07, 6.45) is 3.70. The first-order valence-electron chi connectivity index (χ1n) is 2.16. The molecule has 0 unspecified atom stereocenters. The Balaban J connectivity index is 3.36. The van der Waals surface area contributed by atoms with Crippen molar-refractivity contribution in [3.05, 3.63) is 6.26 Å². The highest BCUT2D eigenvalue weighted by Gasteiger charge is 2.17. The lowest BCUT2D eigenvalue weighted by Gasteiger charge is -2.11. The lowest BCUT2D eigenvalue weighted by atomic mass is 10.2. The molecule has 0 saturated heterocycles. The molecule has 2 heteroatoms. The van der Waals surface area contributed by atoms with Gasteiger partial charge in [0.15, 0.2) is 0 Å². The summed E-state index contributed by atoms with van der Waals surface area (Å²) in [5.74, 6) is 0.890. The predicted molar refractivity (Wildman–Crippen MR) is 40.9 cm³/mol. The molecule has 0 spiro atoms. The molecule has 0 heterocycles. The molecule has 0 aromatic rings. The summed E-state index contributed by atoms with van der Waals surface area (Å²) in [6, 6.07) is 0. The number of hydrogen-bond donors (Lipinski definition) is 1. The highest BCUT2D eigenvalue weighted by molar-refractivity contribution is 8.02. The Morgan fingerprint density at radius 2 is 2.14 bits per heavy atom. The van der Waals surface area contributed by atoms with Gasteiger partial charge in [-0.3, -0.25) is 0 Å². The van der Waals surface area contributed by atoms with E-state index in [1.165, 1.54) is 0 Å². The normalized spacial score (nSPS) is 11.9. The molecule has 0 amide bonds.